The van der Waals surface area contributed by atoms with Gasteiger partial charge >= 0.3 is 0 Å². The third-order valence-electron chi connectivity index (χ3n) is 3.67. The lowest BCUT2D eigenvalue weighted by Crippen LogP contribution is -2.12. The molecule has 0 unspecified atom stereocenters. The van der Waals surface area contributed by atoms with Crippen molar-refractivity contribution in [1.82, 2.24) is 4.98 Å². The van der Waals surface area contributed by atoms with Crippen LogP contribution in [0.2, 0.25) is 0 Å². The summed E-state index contributed by atoms with van der Waals surface area (Å²) >= 11 is 0. The fourth-order valence-corrected chi connectivity index (χ4v) is 2.53. The van der Waals surface area contributed by atoms with E-state index >= 15 is 0 Å². The number of nitrogens with zero attached hydrogens (tertiary/aromatic N) is 1. The number of para-hydroxylation sites is 1. The Hall–Kier alpha value is -2.88. The number of ether oxygens (including phenoxy) is 1. The SMILES string of the molecule is COc1cccc(-c2cc(C(N)=O)c3cccc(C)c3n2)c1. The van der Waals surface area contributed by atoms with Gasteiger partial charge in [-0.05, 0) is 30.7 Å². The lowest BCUT2D eigenvalue weighted by Gasteiger charge is -2.10. The molecule has 0 radical (unpaired) electrons. The zero-order valence-electron chi connectivity index (χ0n) is 12.5. The van der Waals surface area contributed by atoms with E-state index in [2.05, 4.69) is 0 Å². The van der Waals surface area contributed by atoms with Crippen LogP contribution in [-0.4, -0.2) is 18.0 Å². The molecule has 0 aliphatic rings. The number of fused-ring (bicyclic) bond motifs is 1. The van der Waals surface area contributed by atoms with Gasteiger partial charge in [0.2, 0.25) is 5.91 Å². The van der Waals surface area contributed by atoms with Crippen LogP contribution in [0.15, 0.2) is 48.5 Å². The smallest absolute Gasteiger partial charge is 0.249 e. The molecule has 0 fully saturated rings. The van der Waals surface area contributed by atoms with E-state index in [0.717, 1.165) is 27.8 Å². The average molecular weight is 292 g/mol. The zero-order valence-corrected chi connectivity index (χ0v) is 12.5. The number of aryl methyl sites for hydroxylation is 1. The lowest BCUT2D eigenvalue weighted by atomic mass is 10.0. The number of rotatable bonds is 3. The van der Waals surface area contributed by atoms with E-state index < -0.39 is 5.91 Å². The number of primary amides is 1. The van der Waals surface area contributed by atoms with E-state index in [-0.39, 0.29) is 0 Å². The van der Waals surface area contributed by atoms with Gasteiger partial charge in [-0.3, -0.25) is 4.79 Å². The number of amides is 1. The second kappa shape index (κ2) is 5.48. The van der Waals surface area contributed by atoms with Crippen LogP contribution in [0, 0.1) is 6.92 Å². The van der Waals surface area contributed by atoms with E-state index in [0.29, 0.717) is 11.3 Å². The quantitative estimate of drug-likeness (QED) is 0.805. The van der Waals surface area contributed by atoms with Crippen LogP contribution in [0.1, 0.15) is 15.9 Å². The molecule has 4 heteroatoms. The van der Waals surface area contributed by atoms with Crippen LogP contribution in [0.4, 0.5) is 0 Å². The third-order valence-corrected chi connectivity index (χ3v) is 3.67. The molecule has 2 aromatic carbocycles. The summed E-state index contributed by atoms with van der Waals surface area (Å²) in [6, 6.07) is 15.0. The Morgan fingerprint density at radius 2 is 1.91 bits per heavy atom. The average Bonchev–Trinajstić information content (AvgIpc) is 2.54. The second-order valence-corrected chi connectivity index (χ2v) is 5.12. The Morgan fingerprint density at radius 3 is 2.64 bits per heavy atom. The summed E-state index contributed by atoms with van der Waals surface area (Å²) in [7, 11) is 1.62. The fourth-order valence-electron chi connectivity index (χ4n) is 2.53. The first-order valence-electron chi connectivity index (χ1n) is 6.95. The third kappa shape index (κ3) is 2.39. The highest BCUT2D eigenvalue weighted by Crippen LogP contribution is 2.28. The van der Waals surface area contributed by atoms with Crippen LogP contribution in [0.5, 0.6) is 5.75 Å². The molecule has 0 aliphatic heterocycles. The number of carbonyl (C=O) groups excluding carboxylic acids is 1. The number of methoxy groups -OCH3 is 1. The number of carbonyl (C=O) groups is 1. The fraction of sp³-hybridized carbons (Fsp3) is 0.111. The maximum Gasteiger partial charge on any atom is 0.249 e. The van der Waals surface area contributed by atoms with Gasteiger partial charge in [0.25, 0.3) is 0 Å². The van der Waals surface area contributed by atoms with Gasteiger partial charge in [-0.1, -0.05) is 30.3 Å². The van der Waals surface area contributed by atoms with Crippen LogP contribution >= 0.6 is 0 Å². The molecule has 4 nitrogen and oxygen atoms in total. The highest BCUT2D eigenvalue weighted by molar-refractivity contribution is 6.07. The van der Waals surface area contributed by atoms with Gasteiger partial charge in [-0.15, -0.1) is 0 Å². The molecule has 1 heterocycles. The Bertz CT molecular complexity index is 872. The second-order valence-electron chi connectivity index (χ2n) is 5.12. The molecule has 0 atom stereocenters. The molecule has 2 N–H and O–H groups in total. The van der Waals surface area contributed by atoms with E-state index in [4.69, 9.17) is 15.5 Å². The summed E-state index contributed by atoms with van der Waals surface area (Å²) in [5, 5.41) is 0.777. The van der Waals surface area contributed by atoms with Crippen molar-refractivity contribution in [3.8, 4) is 17.0 Å². The highest BCUT2D eigenvalue weighted by Gasteiger charge is 2.13. The van der Waals surface area contributed by atoms with E-state index in [1.54, 1.807) is 13.2 Å². The van der Waals surface area contributed by atoms with Gasteiger partial charge < -0.3 is 10.5 Å². The van der Waals surface area contributed by atoms with Crippen molar-refractivity contribution in [2.24, 2.45) is 5.73 Å². The molecule has 0 bridgehead atoms. The largest absolute Gasteiger partial charge is 0.497 e. The van der Waals surface area contributed by atoms with Gasteiger partial charge in [0.1, 0.15) is 5.75 Å². The number of aromatic nitrogens is 1. The molecule has 1 amide bonds. The van der Waals surface area contributed by atoms with E-state index in [1.807, 2.05) is 49.4 Å². The van der Waals surface area contributed by atoms with Gasteiger partial charge in [0.05, 0.1) is 23.9 Å². The molecule has 22 heavy (non-hydrogen) atoms. The molecule has 0 aliphatic carbocycles. The molecule has 1 aromatic heterocycles. The van der Waals surface area contributed by atoms with Gasteiger partial charge in [-0.25, -0.2) is 4.98 Å². The van der Waals surface area contributed by atoms with Crippen LogP contribution in [0.3, 0.4) is 0 Å². The molecule has 0 spiro atoms. The standard InChI is InChI=1S/C18H16N2O2/c1-11-5-3-8-14-15(18(19)21)10-16(20-17(11)14)12-6-4-7-13(9-12)22-2/h3-10H,1-2H3,(H2,19,21). The topological polar surface area (TPSA) is 65.2 Å². The number of benzene rings is 2. The number of nitrogens with two attached hydrogens (primary N) is 1. The maximum atomic E-state index is 11.8. The summed E-state index contributed by atoms with van der Waals surface area (Å²) in [6.07, 6.45) is 0. The number of hydrogen-bond acceptors (Lipinski definition) is 3. The monoisotopic (exact) mass is 292 g/mol. The zero-order chi connectivity index (χ0) is 15.7. The molecule has 110 valence electrons. The minimum Gasteiger partial charge on any atom is -0.497 e. The van der Waals surface area contributed by atoms with Crippen LogP contribution < -0.4 is 10.5 Å². The Morgan fingerprint density at radius 1 is 1.14 bits per heavy atom. The predicted octanol–water partition coefficient (Wildman–Crippen LogP) is 3.32. The van der Waals surface area contributed by atoms with Gasteiger partial charge in [0.15, 0.2) is 0 Å². The minimum atomic E-state index is -0.456. The normalized spacial score (nSPS) is 10.6. The molecule has 3 rings (SSSR count). The highest BCUT2D eigenvalue weighted by atomic mass is 16.5. The maximum absolute atomic E-state index is 11.8. The predicted molar refractivity (Wildman–Crippen MR) is 87.0 cm³/mol. The van der Waals surface area contributed by atoms with Gasteiger partial charge in [-0.2, -0.15) is 0 Å². The first-order valence-corrected chi connectivity index (χ1v) is 6.95. The van der Waals surface area contributed by atoms with Crippen molar-refractivity contribution in [1.29, 1.82) is 0 Å². The molecule has 0 saturated carbocycles. The summed E-state index contributed by atoms with van der Waals surface area (Å²) < 4.78 is 5.25. The lowest BCUT2D eigenvalue weighted by molar-refractivity contribution is 0.100. The van der Waals surface area contributed by atoms with Crippen molar-refractivity contribution in [3.63, 3.8) is 0 Å². The van der Waals surface area contributed by atoms with Crippen molar-refractivity contribution in [2.45, 2.75) is 6.92 Å². The van der Waals surface area contributed by atoms with Crippen LogP contribution in [-0.2, 0) is 0 Å². The van der Waals surface area contributed by atoms with Crippen molar-refractivity contribution < 1.29 is 9.53 Å². The Balaban J connectivity index is 2.30. The number of hydrogen-bond donors (Lipinski definition) is 1. The summed E-state index contributed by atoms with van der Waals surface area (Å²) in [6.45, 7) is 1.97. The first-order chi connectivity index (χ1) is 10.6. The summed E-state index contributed by atoms with van der Waals surface area (Å²) in [5.74, 6) is 0.284. The molecular formula is C18H16N2O2. The Labute approximate surface area is 128 Å². The minimum absolute atomic E-state index is 0.456. The van der Waals surface area contributed by atoms with Crippen LogP contribution in [0.25, 0.3) is 22.2 Å². The Kier molecular flexibility index (Phi) is 3.51. The van der Waals surface area contributed by atoms with Gasteiger partial charge in [0, 0.05) is 10.9 Å². The van der Waals surface area contributed by atoms with Crippen molar-refractivity contribution in [3.05, 3.63) is 59.7 Å². The van der Waals surface area contributed by atoms with Crippen molar-refractivity contribution >= 4 is 16.8 Å². The van der Waals surface area contributed by atoms with E-state index in [1.165, 1.54) is 0 Å². The van der Waals surface area contributed by atoms with Crippen molar-refractivity contribution in [2.75, 3.05) is 7.11 Å². The van der Waals surface area contributed by atoms with E-state index in [9.17, 15) is 4.79 Å². The molecule has 0 saturated heterocycles. The molecular weight excluding hydrogens is 276 g/mol. The summed E-state index contributed by atoms with van der Waals surface area (Å²) in [5.41, 5.74) is 9.40. The summed E-state index contributed by atoms with van der Waals surface area (Å²) in [4.78, 5) is 16.5. The molecule has 3 aromatic rings. The number of pyridine rings is 1. The first kappa shape index (κ1) is 14.1.